The van der Waals surface area contributed by atoms with Crippen LogP contribution in [0.1, 0.15) is 35.4 Å². The molecule has 146 valence electrons. The zero-order chi connectivity index (χ0) is 18.0. The van der Waals surface area contributed by atoms with Crippen molar-refractivity contribution in [3.05, 3.63) is 21.9 Å². The van der Waals surface area contributed by atoms with Crippen LogP contribution in [0.3, 0.4) is 0 Å². The molecule has 1 aromatic rings. The van der Waals surface area contributed by atoms with Gasteiger partial charge in [0.25, 0.3) is 0 Å². The van der Waals surface area contributed by atoms with Crippen molar-refractivity contribution in [2.24, 2.45) is 11.3 Å². The van der Waals surface area contributed by atoms with Gasteiger partial charge in [-0.2, -0.15) is 0 Å². The second-order valence-corrected chi connectivity index (χ2v) is 9.95. The van der Waals surface area contributed by atoms with E-state index in [1.165, 1.54) is 48.5 Å². The van der Waals surface area contributed by atoms with E-state index in [0.29, 0.717) is 5.41 Å². The number of likely N-dealkylation sites (tertiary alicyclic amines) is 1. The number of fused-ring (bicyclic) bond motifs is 1. The number of methoxy groups -OCH3 is 1. The Balaban J connectivity index is 1.42. The van der Waals surface area contributed by atoms with Crippen LogP contribution < -0.4 is 0 Å². The highest BCUT2D eigenvalue weighted by atomic mass is 32.1. The van der Waals surface area contributed by atoms with E-state index in [-0.39, 0.29) is 0 Å². The highest BCUT2D eigenvalue weighted by Crippen LogP contribution is 2.48. The molecule has 2 saturated heterocycles. The molecule has 1 saturated carbocycles. The summed E-state index contributed by atoms with van der Waals surface area (Å²) in [6.45, 7) is 10.8. The Morgan fingerprint density at radius 3 is 2.81 bits per heavy atom. The van der Waals surface area contributed by atoms with Crippen LogP contribution in [0.5, 0.6) is 0 Å². The van der Waals surface area contributed by atoms with Crippen LogP contribution in [0.15, 0.2) is 12.1 Å². The van der Waals surface area contributed by atoms with E-state index in [1.54, 1.807) is 0 Å². The van der Waals surface area contributed by atoms with Gasteiger partial charge in [-0.3, -0.25) is 9.80 Å². The summed E-state index contributed by atoms with van der Waals surface area (Å²) in [4.78, 5) is 8.32. The Morgan fingerprint density at radius 2 is 2.08 bits per heavy atom. The van der Waals surface area contributed by atoms with Gasteiger partial charge in [-0.05, 0) is 57.2 Å². The Hall–Kier alpha value is -0.460. The van der Waals surface area contributed by atoms with Crippen molar-refractivity contribution in [3.8, 4) is 0 Å². The number of aryl methyl sites for hydroxylation is 1. The van der Waals surface area contributed by atoms with Crippen molar-refractivity contribution in [2.45, 2.75) is 45.2 Å². The first-order valence-electron chi connectivity index (χ1n) is 10.3. The molecule has 4 nitrogen and oxygen atoms in total. The molecular weight excluding hydrogens is 344 g/mol. The Labute approximate surface area is 162 Å². The first-order valence-corrected chi connectivity index (χ1v) is 11.1. The molecule has 0 aromatic carbocycles. The topological polar surface area (TPSA) is 24.9 Å². The van der Waals surface area contributed by atoms with E-state index in [1.807, 2.05) is 18.4 Å². The third-order valence-corrected chi connectivity index (χ3v) is 7.89. The van der Waals surface area contributed by atoms with Gasteiger partial charge in [0.15, 0.2) is 0 Å². The molecule has 0 amide bonds. The summed E-state index contributed by atoms with van der Waals surface area (Å²) in [6.07, 6.45) is 5.32. The summed E-state index contributed by atoms with van der Waals surface area (Å²) in [5.41, 5.74) is 0.363. The van der Waals surface area contributed by atoms with Crippen molar-refractivity contribution < 1.29 is 9.47 Å². The molecule has 0 N–H and O–H groups in total. The smallest absolute Gasteiger partial charge is 0.0594 e. The highest BCUT2D eigenvalue weighted by Gasteiger charge is 2.47. The fraction of sp³-hybridized carbons (Fsp3) is 0.810. The number of ether oxygens (including phenoxy) is 2. The lowest BCUT2D eigenvalue weighted by atomic mass is 9.62. The van der Waals surface area contributed by atoms with Crippen LogP contribution in [0, 0.1) is 18.3 Å². The highest BCUT2D eigenvalue weighted by molar-refractivity contribution is 7.11. The zero-order valence-corrected chi connectivity index (χ0v) is 17.2. The standard InChI is InChI=1S/C21H34N2O2S/c1-17-3-4-20(26-17)14-22-8-6-18-13-19(23-9-11-25-12-10-23)5-7-21(18,15-22)16-24-2/h3-4,18-19H,5-16H2,1-2H3/t18-,19-,21+/m0/s1. The lowest BCUT2D eigenvalue weighted by molar-refractivity contribution is -0.0869. The molecule has 1 aliphatic carbocycles. The molecule has 3 aliphatic rings. The first-order chi connectivity index (χ1) is 12.7. The second kappa shape index (κ2) is 8.27. The summed E-state index contributed by atoms with van der Waals surface area (Å²) < 4.78 is 11.3. The van der Waals surface area contributed by atoms with Gasteiger partial charge in [0.2, 0.25) is 0 Å². The Bertz CT molecular complexity index is 586. The van der Waals surface area contributed by atoms with Crippen molar-refractivity contribution in [2.75, 3.05) is 53.1 Å². The van der Waals surface area contributed by atoms with E-state index in [9.17, 15) is 0 Å². The fourth-order valence-electron chi connectivity index (χ4n) is 5.57. The number of piperidine rings is 1. The molecular formula is C21H34N2O2S. The lowest BCUT2D eigenvalue weighted by Gasteiger charge is -2.54. The lowest BCUT2D eigenvalue weighted by Crippen LogP contribution is -2.56. The average molecular weight is 379 g/mol. The Kier molecular flexibility index (Phi) is 6.01. The molecule has 1 aromatic heterocycles. The average Bonchev–Trinajstić information content (AvgIpc) is 3.07. The number of hydrogen-bond acceptors (Lipinski definition) is 5. The minimum atomic E-state index is 0.363. The fourth-order valence-corrected chi connectivity index (χ4v) is 6.51. The largest absolute Gasteiger partial charge is 0.384 e. The Morgan fingerprint density at radius 1 is 1.23 bits per heavy atom. The summed E-state index contributed by atoms with van der Waals surface area (Å²) in [7, 11) is 1.89. The van der Waals surface area contributed by atoms with E-state index >= 15 is 0 Å². The van der Waals surface area contributed by atoms with E-state index < -0.39 is 0 Å². The normalized spacial score (nSPS) is 33.9. The molecule has 0 radical (unpaired) electrons. The van der Waals surface area contributed by atoms with E-state index in [0.717, 1.165) is 51.4 Å². The van der Waals surface area contributed by atoms with Crippen molar-refractivity contribution in [1.29, 1.82) is 0 Å². The van der Waals surface area contributed by atoms with Gasteiger partial charge >= 0.3 is 0 Å². The van der Waals surface area contributed by atoms with Crippen LogP contribution in [0.2, 0.25) is 0 Å². The second-order valence-electron chi connectivity index (χ2n) is 8.58. The number of nitrogens with zero attached hydrogens (tertiary/aromatic N) is 2. The monoisotopic (exact) mass is 378 g/mol. The third kappa shape index (κ3) is 4.02. The van der Waals surface area contributed by atoms with Gasteiger partial charge in [-0.1, -0.05) is 0 Å². The number of morpholine rings is 1. The summed E-state index contributed by atoms with van der Waals surface area (Å²) in [5, 5.41) is 0. The van der Waals surface area contributed by atoms with Crippen LogP contribution >= 0.6 is 11.3 Å². The van der Waals surface area contributed by atoms with E-state index in [2.05, 4.69) is 28.9 Å². The predicted molar refractivity (Wildman–Crippen MR) is 107 cm³/mol. The number of rotatable bonds is 5. The van der Waals surface area contributed by atoms with Gasteiger partial charge < -0.3 is 9.47 Å². The molecule has 5 heteroatoms. The first kappa shape index (κ1) is 18.9. The van der Waals surface area contributed by atoms with Gasteiger partial charge in [0.05, 0.1) is 19.8 Å². The third-order valence-electron chi connectivity index (χ3n) is 6.90. The van der Waals surface area contributed by atoms with Crippen LogP contribution in [0.4, 0.5) is 0 Å². The van der Waals surface area contributed by atoms with Crippen LogP contribution in [-0.4, -0.2) is 69.0 Å². The molecule has 2 aliphatic heterocycles. The van der Waals surface area contributed by atoms with Crippen molar-refractivity contribution >= 4 is 11.3 Å². The molecule has 3 fully saturated rings. The quantitative estimate of drug-likeness (QED) is 0.784. The maximum Gasteiger partial charge on any atom is 0.0594 e. The molecule has 3 atom stereocenters. The number of hydrogen-bond donors (Lipinski definition) is 0. The minimum absolute atomic E-state index is 0.363. The van der Waals surface area contributed by atoms with Crippen molar-refractivity contribution in [3.63, 3.8) is 0 Å². The van der Waals surface area contributed by atoms with Crippen molar-refractivity contribution in [1.82, 2.24) is 9.80 Å². The molecule has 4 rings (SSSR count). The maximum atomic E-state index is 5.77. The van der Waals surface area contributed by atoms with Crippen LogP contribution in [-0.2, 0) is 16.0 Å². The van der Waals surface area contributed by atoms with Crippen LogP contribution in [0.25, 0.3) is 0 Å². The summed E-state index contributed by atoms with van der Waals surface area (Å²) in [5.74, 6) is 0.811. The molecule has 0 spiro atoms. The molecule has 0 unspecified atom stereocenters. The van der Waals surface area contributed by atoms with E-state index in [4.69, 9.17) is 9.47 Å². The maximum absolute atomic E-state index is 5.77. The minimum Gasteiger partial charge on any atom is -0.384 e. The summed E-state index contributed by atoms with van der Waals surface area (Å²) >= 11 is 1.95. The predicted octanol–water partition coefficient (Wildman–Crippen LogP) is 3.40. The number of thiophene rings is 1. The molecule has 26 heavy (non-hydrogen) atoms. The van der Waals surface area contributed by atoms with Gasteiger partial charge in [-0.25, -0.2) is 0 Å². The van der Waals surface area contributed by atoms with Gasteiger partial charge in [-0.15, -0.1) is 11.3 Å². The molecule has 3 heterocycles. The SMILES string of the molecule is COC[C@]12CC[C@H](N3CCOCC3)C[C@@H]1CCN(Cc1ccc(C)s1)C2. The van der Waals surface area contributed by atoms with Gasteiger partial charge in [0, 0.05) is 54.5 Å². The summed E-state index contributed by atoms with van der Waals surface area (Å²) in [6, 6.07) is 5.33. The molecule has 0 bridgehead atoms. The van der Waals surface area contributed by atoms with Gasteiger partial charge in [0.1, 0.15) is 0 Å². The zero-order valence-electron chi connectivity index (χ0n) is 16.4.